The number of rotatable bonds is 6. The van der Waals surface area contributed by atoms with E-state index in [1.165, 1.54) is 6.07 Å². The summed E-state index contributed by atoms with van der Waals surface area (Å²) >= 11 is 6.07. The van der Waals surface area contributed by atoms with E-state index in [0.717, 1.165) is 11.1 Å². The Labute approximate surface area is 172 Å². The van der Waals surface area contributed by atoms with Gasteiger partial charge in [-0.25, -0.2) is 0 Å². The molecule has 0 unspecified atom stereocenters. The Hall–Kier alpha value is -1.72. The van der Waals surface area contributed by atoms with Gasteiger partial charge in [-0.15, -0.1) is 0 Å². The van der Waals surface area contributed by atoms with Gasteiger partial charge in [0.1, 0.15) is 29.8 Å². The topological polar surface area (TPSA) is 62.5 Å². The molecule has 0 atom stereocenters. The van der Waals surface area contributed by atoms with E-state index < -0.39 is 5.97 Å². The van der Waals surface area contributed by atoms with Gasteiger partial charge in [-0.05, 0) is 35.9 Å². The van der Waals surface area contributed by atoms with Crippen molar-refractivity contribution in [1.82, 2.24) is 0 Å². The zero-order valence-corrected chi connectivity index (χ0v) is 16.5. The first kappa shape index (κ1) is 19.6. The Balaban J connectivity index is 0.00000225. The zero-order valence-electron chi connectivity index (χ0n) is 13.7. The summed E-state index contributed by atoms with van der Waals surface area (Å²) in [7, 11) is 0. The smallest absolute Gasteiger partial charge is 0.542 e. The van der Waals surface area contributed by atoms with Crippen LogP contribution in [0.3, 0.4) is 0 Å². The Bertz CT molecular complexity index is 846. The van der Waals surface area contributed by atoms with Crippen molar-refractivity contribution in [2.24, 2.45) is 0 Å². The number of carboxylic acids is 1. The summed E-state index contributed by atoms with van der Waals surface area (Å²) in [5.41, 5.74) is 1.87. The maximum atomic E-state index is 10.8. The first-order valence-corrected chi connectivity index (χ1v) is 7.75. The Kier molecular flexibility index (Phi) is 7.14. The SMILES string of the molecule is O=C([O-])c1ccc(Cc2cc(Cl)ccc2OCc2ccccc2)o1.[Na+]. The van der Waals surface area contributed by atoms with E-state index in [-0.39, 0.29) is 35.3 Å². The Morgan fingerprint density at radius 3 is 2.52 bits per heavy atom. The van der Waals surface area contributed by atoms with Crippen molar-refractivity contribution < 1.29 is 48.6 Å². The van der Waals surface area contributed by atoms with Crippen molar-refractivity contribution >= 4 is 17.6 Å². The van der Waals surface area contributed by atoms with Crippen LogP contribution >= 0.6 is 11.6 Å². The van der Waals surface area contributed by atoms with Crippen LogP contribution in [-0.2, 0) is 13.0 Å². The van der Waals surface area contributed by atoms with E-state index in [1.807, 2.05) is 30.3 Å². The number of furan rings is 1. The van der Waals surface area contributed by atoms with Crippen molar-refractivity contribution in [3.63, 3.8) is 0 Å². The van der Waals surface area contributed by atoms with Gasteiger partial charge in [0.25, 0.3) is 0 Å². The summed E-state index contributed by atoms with van der Waals surface area (Å²) in [6, 6.07) is 18.1. The predicted octanol–water partition coefficient (Wildman–Crippen LogP) is 0.470. The standard InChI is InChI=1S/C19H15ClO4.Na/c20-15-6-8-17(23-12-13-4-2-1-3-5-13)14(10-15)11-16-7-9-18(24-16)19(21)22;/h1-10H,11-12H2,(H,21,22);/q;+1/p-1. The van der Waals surface area contributed by atoms with Gasteiger partial charge in [-0.2, -0.15) is 0 Å². The number of hydrogen-bond acceptors (Lipinski definition) is 4. The van der Waals surface area contributed by atoms with Crippen LogP contribution < -0.4 is 39.4 Å². The number of carbonyl (C=O) groups excluding carboxylic acids is 1. The molecule has 0 aliphatic rings. The van der Waals surface area contributed by atoms with Gasteiger partial charge in [0, 0.05) is 17.0 Å². The molecule has 0 aliphatic heterocycles. The predicted molar refractivity (Wildman–Crippen MR) is 88.1 cm³/mol. The minimum atomic E-state index is -1.34. The average Bonchev–Trinajstić information content (AvgIpc) is 3.04. The summed E-state index contributed by atoms with van der Waals surface area (Å²) < 4.78 is 11.1. The first-order valence-electron chi connectivity index (χ1n) is 7.37. The molecular weight excluding hydrogens is 351 g/mol. The molecule has 3 aromatic rings. The second kappa shape index (κ2) is 9.11. The number of ether oxygens (including phenoxy) is 1. The fraction of sp³-hybridized carbons (Fsp3) is 0.105. The fourth-order valence-electron chi connectivity index (χ4n) is 2.33. The molecule has 3 rings (SSSR count). The van der Waals surface area contributed by atoms with Gasteiger partial charge in [-0.1, -0.05) is 41.9 Å². The molecule has 1 heterocycles. The maximum absolute atomic E-state index is 10.8. The van der Waals surface area contributed by atoms with Crippen LogP contribution in [0.25, 0.3) is 0 Å². The monoisotopic (exact) mass is 364 g/mol. The molecule has 0 saturated heterocycles. The van der Waals surface area contributed by atoms with Crippen molar-refractivity contribution in [1.29, 1.82) is 0 Å². The molecule has 0 amide bonds. The molecule has 4 nitrogen and oxygen atoms in total. The molecule has 0 fully saturated rings. The summed E-state index contributed by atoms with van der Waals surface area (Å²) in [6.07, 6.45) is 0.373. The number of halogens is 1. The van der Waals surface area contributed by atoms with Crippen molar-refractivity contribution in [2.75, 3.05) is 0 Å². The fourth-order valence-corrected chi connectivity index (χ4v) is 2.53. The number of benzene rings is 2. The Morgan fingerprint density at radius 2 is 1.84 bits per heavy atom. The van der Waals surface area contributed by atoms with E-state index in [2.05, 4.69) is 0 Å². The number of hydrogen-bond donors (Lipinski definition) is 0. The summed E-state index contributed by atoms with van der Waals surface area (Å²) in [6.45, 7) is 0.428. The van der Waals surface area contributed by atoms with Crippen LogP contribution in [0, 0.1) is 0 Å². The molecule has 0 radical (unpaired) electrons. The first-order chi connectivity index (χ1) is 11.6. The summed E-state index contributed by atoms with van der Waals surface area (Å²) in [5, 5.41) is 11.4. The van der Waals surface area contributed by atoms with Crippen LogP contribution in [0.15, 0.2) is 65.1 Å². The minimum Gasteiger partial charge on any atom is -0.542 e. The molecule has 0 bridgehead atoms. The Morgan fingerprint density at radius 1 is 1.08 bits per heavy atom. The van der Waals surface area contributed by atoms with Crippen LogP contribution in [0.5, 0.6) is 5.75 Å². The van der Waals surface area contributed by atoms with Gasteiger partial charge < -0.3 is 19.1 Å². The number of carboxylic acid groups (broad SMARTS) is 1. The van der Waals surface area contributed by atoms with E-state index in [4.69, 9.17) is 20.8 Å². The van der Waals surface area contributed by atoms with Crippen LogP contribution in [0.1, 0.15) is 27.4 Å². The van der Waals surface area contributed by atoms with E-state index in [9.17, 15) is 9.90 Å². The quantitative estimate of drug-likeness (QED) is 0.597. The second-order valence-electron chi connectivity index (χ2n) is 5.26. The molecule has 0 aliphatic carbocycles. The molecule has 1 aromatic heterocycles. The maximum Gasteiger partial charge on any atom is 1.00 e. The number of aromatic carboxylic acids is 1. The van der Waals surface area contributed by atoms with Gasteiger partial charge in [0.05, 0.1) is 0 Å². The van der Waals surface area contributed by atoms with Gasteiger partial charge in [-0.3, -0.25) is 0 Å². The third kappa shape index (κ3) is 5.38. The largest absolute Gasteiger partial charge is 1.00 e. The third-order valence-corrected chi connectivity index (χ3v) is 3.72. The van der Waals surface area contributed by atoms with Gasteiger partial charge in [0.15, 0.2) is 0 Å². The molecule has 0 N–H and O–H groups in total. The molecular formula is C19H14ClNaO4. The van der Waals surface area contributed by atoms with Crippen molar-refractivity contribution in [3.8, 4) is 5.75 Å². The van der Waals surface area contributed by atoms with Gasteiger partial charge in [0.2, 0.25) is 0 Å². The second-order valence-corrected chi connectivity index (χ2v) is 5.69. The summed E-state index contributed by atoms with van der Waals surface area (Å²) in [5.74, 6) is -0.359. The van der Waals surface area contributed by atoms with Crippen LogP contribution in [0.4, 0.5) is 0 Å². The molecule has 122 valence electrons. The summed E-state index contributed by atoms with van der Waals surface area (Å²) in [4.78, 5) is 10.8. The normalized spacial score (nSPS) is 10.1. The van der Waals surface area contributed by atoms with Crippen molar-refractivity contribution in [3.05, 3.63) is 88.3 Å². The minimum absolute atomic E-state index is 0. The molecule has 2 aromatic carbocycles. The molecule has 6 heteroatoms. The van der Waals surface area contributed by atoms with E-state index in [1.54, 1.807) is 24.3 Å². The van der Waals surface area contributed by atoms with E-state index >= 15 is 0 Å². The van der Waals surface area contributed by atoms with Crippen LogP contribution in [0.2, 0.25) is 5.02 Å². The molecule has 25 heavy (non-hydrogen) atoms. The molecule has 0 saturated carbocycles. The molecule has 0 spiro atoms. The average molecular weight is 365 g/mol. The van der Waals surface area contributed by atoms with E-state index in [0.29, 0.717) is 29.6 Å². The number of carbonyl (C=O) groups is 1. The van der Waals surface area contributed by atoms with Crippen LogP contribution in [-0.4, -0.2) is 5.97 Å². The third-order valence-electron chi connectivity index (χ3n) is 3.49. The van der Waals surface area contributed by atoms with Gasteiger partial charge >= 0.3 is 29.6 Å². The zero-order chi connectivity index (χ0) is 16.9. The van der Waals surface area contributed by atoms with Crippen molar-refractivity contribution in [2.45, 2.75) is 13.0 Å².